The molecule has 0 saturated heterocycles. The predicted octanol–water partition coefficient (Wildman–Crippen LogP) is 4.00. The van der Waals surface area contributed by atoms with Crippen molar-refractivity contribution in [1.29, 1.82) is 0 Å². The van der Waals surface area contributed by atoms with Crippen LogP contribution >= 0.6 is 27.5 Å². The molecule has 22 heavy (non-hydrogen) atoms. The molecule has 0 fully saturated rings. The van der Waals surface area contributed by atoms with Gasteiger partial charge in [-0.3, -0.25) is 4.79 Å². The Hall–Kier alpha value is -1.98. The van der Waals surface area contributed by atoms with E-state index in [1.165, 1.54) is 4.68 Å². The van der Waals surface area contributed by atoms with Crippen LogP contribution in [0.15, 0.2) is 56.8 Å². The first kappa shape index (κ1) is 14.9. The van der Waals surface area contributed by atoms with Gasteiger partial charge in [0, 0.05) is 15.1 Å². The SMILES string of the molecule is Cc1nc2ccc(Br)cc2c(=O)n1/N=C\c1ccccc1Cl. The van der Waals surface area contributed by atoms with E-state index in [9.17, 15) is 4.79 Å². The summed E-state index contributed by atoms with van der Waals surface area (Å²) in [5.74, 6) is 0.517. The Morgan fingerprint density at radius 1 is 1.27 bits per heavy atom. The van der Waals surface area contributed by atoms with Gasteiger partial charge in [-0.2, -0.15) is 9.78 Å². The lowest BCUT2D eigenvalue weighted by molar-refractivity contribution is 0.771. The maximum Gasteiger partial charge on any atom is 0.282 e. The van der Waals surface area contributed by atoms with Crippen LogP contribution in [0.4, 0.5) is 0 Å². The molecule has 2 aromatic carbocycles. The molecule has 0 radical (unpaired) electrons. The van der Waals surface area contributed by atoms with Crippen molar-refractivity contribution in [3.8, 4) is 0 Å². The van der Waals surface area contributed by atoms with E-state index in [1.807, 2.05) is 24.3 Å². The average molecular weight is 377 g/mol. The van der Waals surface area contributed by atoms with Gasteiger partial charge >= 0.3 is 0 Å². The molecule has 0 aliphatic heterocycles. The summed E-state index contributed by atoms with van der Waals surface area (Å²) in [6.07, 6.45) is 1.56. The average Bonchev–Trinajstić information content (AvgIpc) is 2.50. The summed E-state index contributed by atoms with van der Waals surface area (Å²) in [4.78, 5) is 17.0. The molecule has 0 N–H and O–H groups in total. The van der Waals surface area contributed by atoms with Crippen molar-refractivity contribution < 1.29 is 0 Å². The van der Waals surface area contributed by atoms with Crippen molar-refractivity contribution in [2.45, 2.75) is 6.92 Å². The molecule has 0 bridgehead atoms. The molecule has 110 valence electrons. The van der Waals surface area contributed by atoms with E-state index in [-0.39, 0.29) is 5.56 Å². The minimum Gasteiger partial charge on any atom is -0.267 e. The van der Waals surface area contributed by atoms with Crippen LogP contribution in [-0.4, -0.2) is 15.9 Å². The summed E-state index contributed by atoms with van der Waals surface area (Å²) < 4.78 is 2.10. The van der Waals surface area contributed by atoms with E-state index in [0.29, 0.717) is 21.7 Å². The van der Waals surface area contributed by atoms with Crippen molar-refractivity contribution in [1.82, 2.24) is 9.66 Å². The molecule has 0 aliphatic carbocycles. The van der Waals surface area contributed by atoms with Gasteiger partial charge in [-0.05, 0) is 31.2 Å². The largest absolute Gasteiger partial charge is 0.282 e. The monoisotopic (exact) mass is 375 g/mol. The number of nitrogens with zero attached hydrogens (tertiary/aromatic N) is 3. The highest BCUT2D eigenvalue weighted by Crippen LogP contribution is 2.16. The fourth-order valence-electron chi connectivity index (χ4n) is 2.10. The van der Waals surface area contributed by atoms with Gasteiger partial charge in [-0.1, -0.05) is 45.7 Å². The maximum atomic E-state index is 12.6. The minimum atomic E-state index is -0.216. The second-order valence-corrected chi connectivity index (χ2v) is 6.03. The Morgan fingerprint density at radius 2 is 2.05 bits per heavy atom. The van der Waals surface area contributed by atoms with Gasteiger partial charge in [0.2, 0.25) is 0 Å². The number of aryl methyl sites for hydroxylation is 1. The summed E-state index contributed by atoms with van der Waals surface area (Å²) in [7, 11) is 0. The van der Waals surface area contributed by atoms with Gasteiger partial charge in [-0.15, -0.1) is 0 Å². The predicted molar refractivity (Wildman–Crippen MR) is 92.9 cm³/mol. The Kier molecular flexibility index (Phi) is 4.09. The molecule has 0 spiro atoms. The molecule has 0 saturated carbocycles. The van der Waals surface area contributed by atoms with E-state index >= 15 is 0 Å². The normalized spacial score (nSPS) is 11.4. The molecule has 0 aliphatic rings. The molecular formula is C16H11BrClN3O. The summed E-state index contributed by atoms with van der Waals surface area (Å²) >= 11 is 9.45. The number of aromatic nitrogens is 2. The molecule has 6 heteroatoms. The van der Waals surface area contributed by atoms with Gasteiger partial charge in [0.15, 0.2) is 0 Å². The minimum absolute atomic E-state index is 0.216. The summed E-state index contributed by atoms with van der Waals surface area (Å²) in [6.45, 7) is 1.74. The highest BCUT2D eigenvalue weighted by Gasteiger charge is 2.07. The third kappa shape index (κ3) is 2.82. The van der Waals surface area contributed by atoms with E-state index < -0.39 is 0 Å². The van der Waals surface area contributed by atoms with Crippen LogP contribution in [0.25, 0.3) is 10.9 Å². The Labute approximate surface area is 140 Å². The fourth-order valence-corrected chi connectivity index (χ4v) is 2.64. The van der Waals surface area contributed by atoms with Gasteiger partial charge in [0.25, 0.3) is 5.56 Å². The van der Waals surface area contributed by atoms with Crippen molar-refractivity contribution in [2.75, 3.05) is 0 Å². The highest BCUT2D eigenvalue weighted by atomic mass is 79.9. The van der Waals surface area contributed by atoms with Crippen LogP contribution < -0.4 is 5.56 Å². The highest BCUT2D eigenvalue weighted by molar-refractivity contribution is 9.10. The lowest BCUT2D eigenvalue weighted by Crippen LogP contribution is -2.20. The Balaban J connectivity index is 2.15. The lowest BCUT2D eigenvalue weighted by Gasteiger charge is -2.06. The van der Waals surface area contributed by atoms with E-state index in [4.69, 9.17) is 11.6 Å². The van der Waals surface area contributed by atoms with Crippen molar-refractivity contribution >= 4 is 44.6 Å². The van der Waals surface area contributed by atoms with Gasteiger partial charge < -0.3 is 0 Å². The zero-order valence-corrected chi connectivity index (χ0v) is 14.0. The van der Waals surface area contributed by atoms with Crippen LogP contribution in [0.2, 0.25) is 5.02 Å². The third-order valence-corrected chi connectivity index (χ3v) is 4.03. The zero-order valence-electron chi connectivity index (χ0n) is 11.6. The summed E-state index contributed by atoms with van der Waals surface area (Å²) in [6, 6.07) is 12.7. The summed E-state index contributed by atoms with van der Waals surface area (Å²) in [5.41, 5.74) is 1.17. The summed E-state index contributed by atoms with van der Waals surface area (Å²) in [5, 5.41) is 5.32. The van der Waals surface area contributed by atoms with Crippen molar-refractivity contribution in [2.24, 2.45) is 5.10 Å². The Bertz CT molecular complexity index is 950. The first-order valence-electron chi connectivity index (χ1n) is 6.54. The van der Waals surface area contributed by atoms with Gasteiger partial charge in [0.05, 0.1) is 17.1 Å². The Morgan fingerprint density at radius 3 is 2.82 bits per heavy atom. The molecule has 3 aromatic rings. The number of rotatable bonds is 2. The number of fused-ring (bicyclic) bond motifs is 1. The number of halogens is 2. The molecule has 1 heterocycles. The quantitative estimate of drug-likeness (QED) is 0.635. The van der Waals surface area contributed by atoms with Crippen molar-refractivity contribution in [3.63, 3.8) is 0 Å². The van der Waals surface area contributed by atoms with E-state index in [1.54, 1.807) is 31.3 Å². The topological polar surface area (TPSA) is 47.2 Å². The molecule has 0 amide bonds. The first-order chi connectivity index (χ1) is 10.6. The van der Waals surface area contributed by atoms with Gasteiger partial charge in [-0.25, -0.2) is 4.98 Å². The molecular weight excluding hydrogens is 366 g/mol. The molecule has 1 aromatic heterocycles. The van der Waals surface area contributed by atoms with Gasteiger partial charge in [0.1, 0.15) is 5.82 Å². The van der Waals surface area contributed by atoms with E-state index in [2.05, 4.69) is 26.0 Å². The smallest absolute Gasteiger partial charge is 0.267 e. The molecule has 3 rings (SSSR count). The molecule has 0 unspecified atom stereocenters. The second kappa shape index (κ2) is 6.02. The van der Waals surface area contributed by atoms with Crippen LogP contribution in [0.3, 0.4) is 0 Å². The molecule has 4 nitrogen and oxygen atoms in total. The lowest BCUT2D eigenvalue weighted by atomic mass is 10.2. The second-order valence-electron chi connectivity index (χ2n) is 4.70. The third-order valence-electron chi connectivity index (χ3n) is 3.19. The van der Waals surface area contributed by atoms with Crippen LogP contribution in [-0.2, 0) is 0 Å². The van der Waals surface area contributed by atoms with Crippen LogP contribution in [0, 0.1) is 6.92 Å². The molecule has 0 atom stereocenters. The number of benzene rings is 2. The standard InChI is InChI=1S/C16H11BrClN3O/c1-10-20-15-7-6-12(17)8-13(15)16(22)21(10)19-9-11-4-2-3-5-14(11)18/h2-9H,1H3/b19-9-. The number of hydrogen-bond donors (Lipinski definition) is 0. The maximum absolute atomic E-state index is 12.6. The first-order valence-corrected chi connectivity index (χ1v) is 7.71. The van der Waals surface area contributed by atoms with Crippen molar-refractivity contribution in [3.05, 3.63) is 73.7 Å². The fraction of sp³-hybridized carbons (Fsp3) is 0.0625. The number of hydrogen-bond acceptors (Lipinski definition) is 3. The van der Waals surface area contributed by atoms with E-state index in [0.717, 1.165) is 10.0 Å². The zero-order chi connectivity index (χ0) is 15.7. The van der Waals surface area contributed by atoms with Crippen LogP contribution in [0.1, 0.15) is 11.4 Å². The van der Waals surface area contributed by atoms with Crippen LogP contribution in [0.5, 0.6) is 0 Å².